The monoisotopic (exact) mass is 462 g/mol. The van der Waals surface area contributed by atoms with Gasteiger partial charge in [-0.15, -0.1) is 0 Å². The Morgan fingerprint density at radius 2 is 1.41 bits per heavy atom. The van der Waals surface area contributed by atoms with Crippen molar-refractivity contribution in [1.29, 1.82) is 0 Å². The maximum Gasteiger partial charge on any atom is 0.243 e. The lowest BCUT2D eigenvalue weighted by molar-refractivity contribution is -0.116. The third-order valence-electron chi connectivity index (χ3n) is 4.77. The molecule has 0 saturated carbocycles. The minimum Gasteiger partial charge on any atom is -0.322 e. The topological polar surface area (TPSA) is 66.5 Å². The Morgan fingerprint density at radius 1 is 0.844 bits per heavy atom. The molecule has 0 aliphatic rings. The Hall–Kier alpha value is -3.17. The number of hydrogen-bond acceptors (Lipinski definition) is 3. The first-order chi connectivity index (χ1) is 15.1. The van der Waals surface area contributed by atoms with Gasteiger partial charge in [0.25, 0.3) is 0 Å². The number of anilines is 1. The molecule has 0 aliphatic heterocycles. The number of nitrogens with zero attached hydrogens (tertiary/aromatic N) is 1. The summed E-state index contributed by atoms with van der Waals surface area (Å²) in [7, 11) is -4.09. The first kappa shape index (κ1) is 23.5. The molecule has 0 aliphatic carbocycles. The van der Waals surface area contributed by atoms with Crippen LogP contribution in [0, 0.1) is 31.3 Å². The molecule has 0 aromatic heterocycles. The first-order valence-corrected chi connectivity index (χ1v) is 11.1. The summed E-state index contributed by atoms with van der Waals surface area (Å²) in [6, 6.07) is 14.7. The van der Waals surface area contributed by atoms with Gasteiger partial charge in [0.2, 0.25) is 15.9 Å². The standard InChI is InChI=1S/C23H21F3N2O3S/c1-15-3-7-17(8-4-15)13-28(32(30,31)18-9-5-16(2)6-10-18)14-21(29)27-20-12-11-19(24)22(25)23(20)26/h3-12H,13-14H2,1-2H3,(H,27,29). The molecular weight excluding hydrogens is 441 g/mol. The highest BCUT2D eigenvalue weighted by Gasteiger charge is 2.27. The average molecular weight is 462 g/mol. The van der Waals surface area contributed by atoms with E-state index < -0.39 is 45.6 Å². The van der Waals surface area contributed by atoms with Crippen LogP contribution in [0.25, 0.3) is 0 Å². The number of hydrogen-bond donors (Lipinski definition) is 1. The second kappa shape index (κ2) is 9.54. The van der Waals surface area contributed by atoms with Crippen molar-refractivity contribution in [2.75, 3.05) is 11.9 Å². The molecule has 3 rings (SSSR count). The zero-order valence-electron chi connectivity index (χ0n) is 17.4. The summed E-state index contributed by atoms with van der Waals surface area (Å²) in [5.74, 6) is -5.60. The maximum atomic E-state index is 13.9. The van der Waals surface area contributed by atoms with Crippen LogP contribution in [0.4, 0.5) is 18.9 Å². The molecule has 0 spiro atoms. The van der Waals surface area contributed by atoms with Gasteiger partial charge in [-0.25, -0.2) is 21.6 Å². The van der Waals surface area contributed by atoms with E-state index in [9.17, 15) is 26.4 Å². The molecule has 1 amide bonds. The van der Waals surface area contributed by atoms with Gasteiger partial charge in [0.1, 0.15) is 0 Å². The number of aryl methyl sites for hydroxylation is 2. The summed E-state index contributed by atoms with van der Waals surface area (Å²) in [6.07, 6.45) is 0. The SMILES string of the molecule is Cc1ccc(CN(CC(=O)Nc2ccc(F)c(F)c2F)S(=O)(=O)c2ccc(C)cc2)cc1. The van der Waals surface area contributed by atoms with E-state index in [1.165, 1.54) is 12.1 Å². The highest BCUT2D eigenvalue weighted by atomic mass is 32.2. The van der Waals surface area contributed by atoms with E-state index in [-0.39, 0.29) is 11.4 Å². The van der Waals surface area contributed by atoms with Crippen molar-refractivity contribution < 1.29 is 26.4 Å². The highest BCUT2D eigenvalue weighted by molar-refractivity contribution is 7.89. The van der Waals surface area contributed by atoms with Gasteiger partial charge >= 0.3 is 0 Å². The molecule has 3 aromatic rings. The van der Waals surface area contributed by atoms with Gasteiger partial charge in [-0.3, -0.25) is 4.79 Å². The minimum atomic E-state index is -4.09. The van der Waals surface area contributed by atoms with Crippen molar-refractivity contribution in [2.45, 2.75) is 25.3 Å². The highest BCUT2D eigenvalue weighted by Crippen LogP contribution is 2.22. The summed E-state index contributed by atoms with van der Waals surface area (Å²) < 4.78 is 67.9. The molecule has 0 bridgehead atoms. The number of rotatable bonds is 7. The lowest BCUT2D eigenvalue weighted by Gasteiger charge is -2.22. The van der Waals surface area contributed by atoms with Crippen LogP contribution in [0.5, 0.6) is 0 Å². The van der Waals surface area contributed by atoms with Gasteiger partial charge < -0.3 is 5.32 Å². The normalized spacial score (nSPS) is 11.6. The lowest BCUT2D eigenvalue weighted by Crippen LogP contribution is -2.37. The summed E-state index contributed by atoms with van der Waals surface area (Å²) in [5.41, 5.74) is 1.89. The van der Waals surface area contributed by atoms with Crippen molar-refractivity contribution in [3.05, 3.63) is 94.8 Å². The molecule has 0 saturated heterocycles. The van der Waals surface area contributed by atoms with Gasteiger partial charge in [-0.05, 0) is 43.7 Å². The van der Waals surface area contributed by atoms with E-state index in [2.05, 4.69) is 5.32 Å². The largest absolute Gasteiger partial charge is 0.322 e. The van der Waals surface area contributed by atoms with Crippen LogP contribution in [-0.2, 0) is 21.4 Å². The Morgan fingerprint density at radius 3 is 2.00 bits per heavy atom. The molecule has 9 heteroatoms. The van der Waals surface area contributed by atoms with Crippen molar-refractivity contribution in [3.8, 4) is 0 Å². The number of carbonyl (C=O) groups is 1. The van der Waals surface area contributed by atoms with E-state index in [0.29, 0.717) is 11.6 Å². The van der Waals surface area contributed by atoms with Crippen LogP contribution in [0.1, 0.15) is 16.7 Å². The molecule has 32 heavy (non-hydrogen) atoms. The number of carbonyl (C=O) groups excluding carboxylic acids is 1. The van der Waals surface area contributed by atoms with Crippen molar-refractivity contribution in [1.82, 2.24) is 4.31 Å². The van der Waals surface area contributed by atoms with Gasteiger partial charge in [0, 0.05) is 6.54 Å². The molecule has 0 fully saturated rings. The molecular formula is C23H21F3N2O3S. The molecule has 3 aromatic carbocycles. The van der Waals surface area contributed by atoms with E-state index in [1.807, 2.05) is 26.0 Å². The minimum absolute atomic E-state index is 0.0120. The third kappa shape index (κ3) is 5.35. The zero-order valence-corrected chi connectivity index (χ0v) is 18.2. The van der Waals surface area contributed by atoms with Crippen molar-refractivity contribution in [3.63, 3.8) is 0 Å². The van der Waals surface area contributed by atoms with Crippen LogP contribution in [0.2, 0.25) is 0 Å². The molecule has 1 N–H and O–H groups in total. The predicted octanol–water partition coefficient (Wildman–Crippen LogP) is 4.55. The van der Waals surface area contributed by atoms with Crippen LogP contribution in [0.3, 0.4) is 0 Å². The van der Waals surface area contributed by atoms with Crippen molar-refractivity contribution >= 4 is 21.6 Å². The molecule has 5 nitrogen and oxygen atoms in total. The fourth-order valence-electron chi connectivity index (χ4n) is 2.95. The summed E-state index contributed by atoms with van der Waals surface area (Å²) in [6.45, 7) is 2.91. The zero-order chi connectivity index (χ0) is 23.5. The van der Waals surface area contributed by atoms with Gasteiger partial charge in [-0.2, -0.15) is 4.31 Å². The number of amides is 1. The molecule has 0 unspecified atom stereocenters. The van der Waals surface area contributed by atoms with E-state index in [1.54, 1.807) is 24.3 Å². The number of benzene rings is 3. The maximum absolute atomic E-state index is 13.9. The van der Waals surface area contributed by atoms with Gasteiger partial charge in [0.05, 0.1) is 17.1 Å². The fraction of sp³-hybridized carbons (Fsp3) is 0.174. The number of sulfonamides is 1. The quantitative estimate of drug-likeness (QED) is 0.524. The van der Waals surface area contributed by atoms with Crippen LogP contribution in [-0.4, -0.2) is 25.2 Å². The average Bonchev–Trinajstić information content (AvgIpc) is 2.75. The molecule has 0 heterocycles. The Labute approximate surface area is 184 Å². The van der Waals surface area contributed by atoms with Gasteiger partial charge in [-0.1, -0.05) is 47.5 Å². The second-order valence-corrected chi connectivity index (χ2v) is 9.28. The third-order valence-corrected chi connectivity index (χ3v) is 6.57. The molecule has 0 atom stereocenters. The lowest BCUT2D eigenvalue weighted by atomic mass is 10.1. The summed E-state index contributed by atoms with van der Waals surface area (Å²) in [5, 5.41) is 2.11. The van der Waals surface area contributed by atoms with Crippen LogP contribution < -0.4 is 5.32 Å². The molecule has 0 radical (unpaired) electrons. The Kier molecular flexibility index (Phi) is 7.00. The second-order valence-electron chi connectivity index (χ2n) is 7.34. The van der Waals surface area contributed by atoms with E-state index >= 15 is 0 Å². The van der Waals surface area contributed by atoms with Crippen molar-refractivity contribution in [2.24, 2.45) is 0 Å². The Balaban J connectivity index is 1.89. The van der Waals surface area contributed by atoms with E-state index in [0.717, 1.165) is 21.5 Å². The van der Waals surface area contributed by atoms with Crippen LogP contribution >= 0.6 is 0 Å². The summed E-state index contributed by atoms with van der Waals surface area (Å²) in [4.78, 5) is 12.5. The number of nitrogens with one attached hydrogen (secondary N) is 1. The number of halogens is 3. The summed E-state index contributed by atoms with van der Waals surface area (Å²) >= 11 is 0. The molecule has 168 valence electrons. The predicted molar refractivity (Wildman–Crippen MR) is 115 cm³/mol. The first-order valence-electron chi connectivity index (χ1n) is 9.63. The fourth-order valence-corrected chi connectivity index (χ4v) is 4.34. The smallest absolute Gasteiger partial charge is 0.243 e. The Bertz CT molecular complexity index is 1230. The van der Waals surface area contributed by atoms with Crippen LogP contribution in [0.15, 0.2) is 65.6 Å². The van der Waals surface area contributed by atoms with E-state index in [4.69, 9.17) is 0 Å². The van der Waals surface area contributed by atoms with Gasteiger partial charge in [0.15, 0.2) is 17.5 Å².